The molecular weight excluding hydrogens is 376 g/mol. The number of amides is 1. The lowest BCUT2D eigenvalue weighted by atomic mass is 9.93. The zero-order chi connectivity index (χ0) is 18.5. The van der Waals surface area contributed by atoms with Crippen molar-refractivity contribution in [3.63, 3.8) is 0 Å². The average molecular weight is 401 g/mol. The minimum absolute atomic E-state index is 0.0373. The van der Waals surface area contributed by atoms with Gasteiger partial charge in [0.25, 0.3) is 0 Å². The number of carbonyl (C=O) groups is 2. The summed E-state index contributed by atoms with van der Waals surface area (Å²) in [4.78, 5) is 29.3. The zero-order valence-corrected chi connectivity index (χ0v) is 16.2. The van der Waals surface area contributed by atoms with E-state index < -0.39 is 15.8 Å². The highest BCUT2D eigenvalue weighted by atomic mass is 32.2. The number of rotatable bonds is 5. The Hall–Kier alpha value is -1.09. The smallest absolute Gasteiger partial charge is 0.303 e. The van der Waals surface area contributed by atoms with Gasteiger partial charge in [0.1, 0.15) is 0 Å². The van der Waals surface area contributed by atoms with Crippen LogP contribution in [0, 0.1) is 11.8 Å². The van der Waals surface area contributed by atoms with Crippen molar-refractivity contribution >= 4 is 38.6 Å². The zero-order valence-electron chi connectivity index (χ0n) is 14.5. The Morgan fingerprint density at radius 1 is 1.15 bits per heavy atom. The summed E-state index contributed by atoms with van der Waals surface area (Å²) >= 11 is 1.43. The van der Waals surface area contributed by atoms with E-state index in [1.165, 1.54) is 31.0 Å². The highest BCUT2D eigenvalue weighted by molar-refractivity contribution is 8.15. The van der Waals surface area contributed by atoms with Crippen LogP contribution in [-0.2, 0) is 19.4 Å². The molecule has 1 N–H and O–H groups in total. The molecule has 4 fully saturated rings. The van der Waals surface area contributed by atoms with Gasteiger partial charge in [0.15, 0.2) is 15.0 Å². The number of amidine groups is 1. The van der Waals surface area contributed by atoms with E-state index in [4.69, 9.17) is 5.11 Å². The van der Waals surface area contributed by atoms with Crippen molar-refractivity contribution < 1.29 is 23.1 Å². The topological polar surface area (TPSA) is 104 Å². The first-order valence-corrected chi connectivity index (χ1v) is 12.0. The molecule has 0 aromatic rings. The fourth-order valence-corrected chi connectivity index (χ4v) is 9.07. The summed E-state index contributed by atoms with van der Waals surface area (Å²) in [7, 11) is -3.02. The molecule has 2 bridgehead atoms. The van der Waals surface area contributed by atoms with Crippen LogP contribution in [0.3, 0.4) is 0 Å². The molecule has 4 rings (SSSR count). The third kappa shape index (κ3) is 3.52. The molecule has 7 nitrogen and oxygen atoms in total. The van der Waals surface area contributed by atoms with Crippen LogP contribution in [0.4, 0.5) is 0 Å². The van der Waals surface area contributed by atoms with Gasteiger partial charge in [-0.2, -0.15) is 4.99 Å². The van der Waals surface area contributed by atoms with E-state index in [1.807, 2.05) is 0 Å². The van der Waals surface area contributed by atoms with Gasteiger partial charge in [-0.25, -0.2) is 8.42 Å². The quantitative estimate of drug-likeness (QED) is 0.746. The SMILES string of the molecule is O=C(O)CCCC(=O)N=C1S[C@H]2CS(=O)(=O)C[C@H]2N1[C@H]1C[C@H]2CC[C@@H]1C2. The highest BCUT2D eigenvalue weighted by Gasteiger charge is 2.54. The number of hydrogen-bond donors (Lipinski definition) is 1. The van der Waals surface area contributed by atoms with E-state index in [0.29, 0.717) is 17.1 Å². The number of fused-ring (bicyclic) bond motifs is 3. The van der Waals surface area contributed by atoms with Crippen LogP contribution in [0.25, 0.3) is 0 Å². The van der Waals surface area contributed by atoms with Crippen LogP contribution in [0.2, 0.25) is 0 Å². The minimum Gasteiger partial charge on any atom is -0.481 e. The maximum Gasteiger partial charge on any atom is 0.303 e. The van der Waals surface area contributed by atoms with Crippen molar-refractivity contribution in [1.29, 1.82) is 0 Å². The van der Waals surface area contributed by atoms with Crippen LogP contribution in [-0.4, -0.2) is 64.3 Å². The Labute approximate surface area is 157 Å². The number of aliphatic imine (C=N–C) groups is 1. The number of hydrogen-bond acceptors (Lipinski definition) is 5. The molecule has 5 atom stereocenters. The maximum atomic E-state index is 12.2. The summed E-state index contributed by atoms with van der Waals surface area (Å²) in [5.41, 5.74) is 0. The third-order valence-electron chi connectivity index (χ3n) is 6.17. The normalized spacial score (nSPS) is 38.8. The van der Waals surface area contributed by atoms with Crippen molar-refractivity contribution in [3.05, 3.63) is 0 Å². The molecular formula is C17H24N2O5S2. The van der Waals surface area contributed by atoms with E-state index in [1.54, 1.807) is 0 Å². The number of aliphatic carboxylic acids is 1. The summed E-state index contributed by atoms with van der Waals surface area (Å²) in [5.74, 6) is 0.403. The van der Waals surface area contributed by atoms with Crippen molar-refractivity contribution in [2.45, 2.75) is 62.3 Å². The maximum absolute atomic E-state index is 12.2. The van der Waals surface area contributed by atoms with Crippen molar-refractivity contribution in [1.82, 2.24) is 4.90 Å². The van der Waals surface area contributed by atoms with E-state index >= 15 is 0 Å². The van der Waals surface area contributed by atoms with Crippen molar-refractivity contribution in [2.75, 3.05) is 11.5 Å². The second-order valence-corrected chi connectivity index (χ2v) is 11.3. The van der Waals surface area contributed by atoms with Crippen LogP contribution in [0.1, 0.15) is 44.9 Å². The first-order chi connectivity index (χ1) is 12.3. The largest absolute Gasteiger partial charge is 0.481 e. The Kier molecular flexibility index (Phi) is 4.79. The standard InChI is InChI=1S/C17H24N2O5S2/c20-15(2-1-3-16(21)22)18-17-19(12-7-10-4-5-11(12)6-10)13-8-26(23,24)9-14(13)25-17/h10-14H,1-9H2,(H,21,22)/t10-,11+,12-,13+,14-/m0/s1. The number of sulfone groups is 1. The molecule has 26 heavy (non-hydrogen) atoms. The molecule has 9 heteroatoms. The molecule has 4 aliphatic rings. The van der Waals surface area contributed by atoms with Crippen LogP contribution >= 0.6 is 11.8 Å². The van der Waals surface area contributed by atoms with Gasteiger partial charge >= 0.3 is 5.97 Å². The van der Waals surface area contributed by atoms with Gasteiger partial charge in [-0.3, -0.25) is 9.59 Å². The Bertz CT molecular complexity index is 750. The van der Waals surface area contributed by atoms with E-state index in [2.05, 4.69) is 9.89 Å². The molecule has 1 amide bonds. The predicted molar refractivity (Wildman–Crippen MR) is 98.8 cm³/mol. The fourth-order valence-electron chi connectivity index (χ4n) is 5.08. The summed E-state index contributed by atoms with van der Waals surface area (Å²) < 4.78 is 24.2. The Morgan fingerprint density at radius 2 is 1.96 bits per heavy atom. The molecule has 0 unspecified atom stereocenters. The van der Waals surface area contributed by atoms with Gasteiger partial charge in [-0.15, -0.1) is 0 Å². The highest BCUT2D eigenvalue weighted by Crippen LogP contribution is 2.51. The second kappa shape index (κ2) is 6.82. The molecule has 2 aliphatic heterocycles. The molecule has 2 saturated heterocycles. The molecule has 2 heterocycles. The fraction of sp³-hybridized carbons (Fsp3) is 0.824. The summed E-state index contributed by atoms with van der Waals surface area (Å²) in [6.07, 6.45) is 5.08. The van der Waals surface area contributed by atoms with Crippen molar-refractivity contribution in [2.24, 2.45) is 16.8 Å². The third-order valence-corrected chi connectivity index (χ3v) is 9.39. The van der Waals surface area contributed by atoms with Gasteiger partial charge in [-0.1, -0.05) is 18.2 Å². The molecule has 2 aliphatic carbocycles. The summed E-state index contributed by atoms with van der Waals surface area (Å²) in [6, 6.07) is 0.232. The number of thioether (sulfide) groups is 1. The van der Waals surface area contributed by atoms with Gasteiger partial charge in [0, 0.05) is 24.1 Å². The number of carboxylic acids is 1. The first kappa shape index (κ1) is 18.3. The van der Waals surface area contributed by atoms with Crippen LogP contribution in [0.15, 0.2) is 4.99 Å². The van der Waals surface area contributed by atoms with E-state index in [0.717, 1.165) is 12.3 Å². The lowest BCUT2D eigenvalue weighted by Gasteiger charge is -2.36. The lowest BCUT2D eigenvalue weighted by Crippen LogP contribution is -2.47. The number of nitrogens with zero attached hydrogens (tertiary/aromatic N) is 2. The van der Waals surface area contributed by atoms with E-state index in [9.17, 15) is 18.0 Å². The molecule has 2 saturated carbocycles. The molecule has 144 valence electrons. The van der Waals surface area contributed by atoms with Crippen LogP contribution < -0.4 is 0 Å². The first-order valence-electron chi connectivity index (χ1n) is 9.31. The monoisotopic (exact) mass is 400 g/mol. The Morgan fingerprint density at radius 3 is 2.62 bits per heavy atom. The van der Waals surface area contributed by atoms with Gasteiger partial charge in [-0.05, 0) is 37.5 Å². The number of carbonyl (C=O) groups excluding carboxylic acids is 1. The molecule has 0 radical (unpaired) electrons. The Balaban J connectivity index is 1.52. The predicted octanol–water partition coefficient (Wildman–Crippen LogP) is 1.53. The molecule has 0 spiro atoms. The van der Waals surface area contributed by atoms with Gasteiger partial charge in [0.2, 0.25) is 5.91 Å². The minimum atomic E-state index is -3.02. The summed E-state index contributed by atoms with van der Waals surface area (Å²) in [5, 5.41) is 9.33. The number of carboxylic acid groups (broad SMARTS) is 1. The van der Waals surface area contributed by atoms with Gasteiger partial charge in [0.05, 0.1) is 17.5 Å². The lowest BCUT2D eigenvalue weighted by molar-refractivity contribution is -0.137. The summed E-state index contributed by atoms with van der Waals surface area (Å²) in [6.45, 7) is 0. The van der Waals surface area contributed by atoms with Crippen molar-refractivity contribution in [3.8, 4) is 0 Å². The van der Waals surface area contributed by atoms with Crippen LogP contribution in [0.5, 0.6) is 0 Å². The second-order valence-electron chi connectivity index (χ2n) is 7.99. The van der Waals surface area contributed by atoms with Gasteiger partial charge < -0.3 is 10.0 Å². The molecule has 0 aromatic carbocycles. The molecule has 0 aromatic heterocycles. The average Bonchev–Trinajstić information content (AvgIpc) is 3.26. The van der Waals surface area contributed by atoms with E-state index in [-0.39, 0.29) is 48.0 Å².